The van der Waals surface area contributed by atoms with Crippen molar-refractivity contribution in [2.75, 3.05) is 0 Å². The maximum atomic E-state index is 4.00. The highest BCUT2D eigenvalue weighted by Gasteiger charge is 2.34. The minimum absolute atomic E-state index is 0.476. The SMILES string of the molecule is Cn1nncc1C1CCC2CCCC2N1. The Kier molecular flexibility index (Phi) is 2.24. The summed E-state index contributed by atoms with van der Waals surface area (Å²) in [5, 5.41) is 11.7. The number of piperidine rings is 1. The largest absolute Gasteiger partial charge is 0.306 e. The first kappa shape index (κ1) is 9.33. The predicted octanol–water partition coefficient (Wildman–Crippen LogP) is 1.41. The normalized spacial score (nSPS) is 35.4. The quantitative estimate of drug-likeness (QED) is 0.755. The van der Waals surface area contributed by atoms with E-state index in [9.17, 15) is 0 Å². The molecule has 0 amide bonds. The van der Waals surface area contributed by atoms with Crippen LogP contribution in [0, 0.1) is 5.92 Å². The van der Waals surface area contributed by atoms with Gasteiger partial charge < -0.3 is 5.32 Å². The van der Waals surface area contributed by atoms with Gasteiger partial charge in [0.15, 0.2) is 0 Å². The van der Waals surface area contributed by atoms with Crippen molar-refractivity contribution < 1.29 is 0 Å². The second kappa shape index (κ2) is 3.59. The van der Waals surface area contributed by atoms with Gasteiger partial charge in [0, 0.05) is 13.1 Å². The second-order valence-corrected chi connectivity index (χ2v) is 4.88. The van der Waals surface area contributed by atoms with E-state index in [1.165, 1.54) is 37.8 Å². The number of rotatable bonds is 1. The van der Waals surface area contributed by atoms with Crippen LogP contribution in [0.15, 0.2) is 6.20 Å². The van der Waals surface area contributed by atoms with E-state index in [4.69, 9.17) is 0 Å². The molecule has 2 aliphatic rings. The monoisotopic (exact) mass is 206 g/mol. The number of hydrogen-bond donors (Lipinski definition) is 1. The summed E-state index contributed by atoms with van der Waals surface area (Å²) >= 11 is 0. The highest BCUT2D eigenvalue weighted by molar-refractivity contribution is 5.05. The van der Waals surface area contributed by atoms with Crippen LogP contribution in [0.4, 0.5) is 0 Å². The lowest BCUT2D eigenvalue weighted by atomic mass is 9.89. The Bertz CT molecular complexity index is 346. The fourth-order valence-corrected chi connectivity index (χ4v) is 3.17. The average molecular weight is 206 g/mol. The Morgan fingerprint density at radius 1 is 1.33 bits per heavy atom. The zero-order valence-corrected chi connectivity index (χ0v) is 9.19. The standard InChI is InChI=1S/C11H18N4/c1-15-11(7-12-14-15)10-6-5-8-3-2-4-9(8)13-10/h7-10,13H,2-6H2,1H3. The van der Waals surface area contributed by atoms with Crippen LogP contribution in [-0.2, 0) is 7.05 Å². The zero-order chi connectivity index (χ0) is 10.3. The molecule has 2 fully saturated rings. The lowest BCUT2D eigenvalue weighted by molar-refractivity contribution is 0.254. The molecule has 1 aromatic heterocycles. The first-order chi connectivity index (χ1) is 7.34. The Morgan fingerprint density at radius 3 is 3.07 bits per heavy atom. The van der Waals surface area contributed by atoms with E-state index < -0.39 is 0 Å². The molecule has 1 aromatic rings. The van der Waals surface area contributed by atoms with Crippen molar-refractivity contribution in [3.8, 4) is 0 Å². The Balaban J connectivity index is 1.76. The van der Waals surface area contributed by atoms with Gasteiger partial charge in [0.1, 0.15) is 0 Å². The third kappa shape index (κ3) is 1.57. The fraction of sp³-hybridized carbons (Fsp3) is 0.818. The highest BCUT2D eigenvalue weighted by atomic mass is 15.4. The van der Waals surface area contributed by atoms with Crippen LogP contribution in [0.5, 0.6) is 0 Å². The van der Waals surface area contributed by atoms with Crippen LogP contribution >= 0.6 is 0 Å². The molecule has 82 valence electrons. The van der Waals surface area contributed by atoms with Gasteiger partial charge in [0.25, 0.3) is 0 Å². The van der Waals surface area contributed by atoms with E-state index >= 15 is 0 Å². The molecule has 1 saturated carbocycles. The third-order valence-corrected chi connectivity index (χ3v) is 4.01. The van der Waals surface area contributed by atoms with Crippen LogP contribution < -0.4 is 5.32 Å². The minimum Gasteiger partial charge on any atom is -0.306 e. The van der Waals surface area contributed by atoms with Gasteiger partial charge in [-0.3, -0.25) is 4.68 Å². The minimum atomic E-state index is 0.476. The van der Waals surface area contributed by atoms with Crippen molar-refractivity contribution in [2.24, 2.45) is 13.0 Å². The Morgan fingerprint density at radius 2 is 2.27 bits per heavy atom. The van der Waals surface area contributed by atoms with Crippen molar-refractivity contribution >= 4 is 0 Å². The van der Waals surface area contributed by atoms with E-state index in [1.807, 2.05) is 17.9 Å². The maximum Gasteiger partial charge on any atom is 0.0753 e. The van der Waals surface area contributed by atoms with Crippen LogP contribution in [0.25, 0.3) is 0 Å². The number of nitrogens with one attached hydrogen (secondary N) is 1. The summed E-state index contributed by atoms with van der Waals surface area (Å²) in [7, 11) is 1.98. The van der Waals surface area contributed by atoms with E-state index in [-0.39, 0.29) is 0 Å². The van der Waals surface area contributed by atoms with Gasteiger partial charge in [-0.15, -0.1) is 5.10 Å². The molecule has 1 aliphatic carbocycles. The van der Waals surface area contributed by atoms with Crippen LogP contribution in [-0.4, -0.2) is 21.0 Å². The molecule has 3 atom stereocenters. The molecule has 15 heavy (non-hydrogen) atoms. The lowest BCUT2D eigenvalue weighted by Gasteiger charge is -2.33. The summed E-state index contributed by atoms with van der Waals surface area (Å²) in [6.07, 6.45) is 8.68. The van der Waals surface area contributed by atoms with Crippen LogP contribution in [0.2, 0.25) is 0 Å². The summed E-state index contributed by atoms with van der Waals surface area (Å²) in [6.45, 7) is 0. The van der Waals surface area contributed by atoms with E-state index in [0.717, 1.165) is 12.0 Å². The van der Waals surface area contributed by atoms with E-state index in [0.29, 0.717) is 6.04 Å². The molecule has 3 rings (SSSR count). The van der Waals surface area contributed by atoms with Gasteiger partial charge in [0.05, 0.1) is 17.9 Å². The van der Waals surface area contributed by atoms with Crippen molar-refractivity contribution in [3.63, 3.8) is 0 Å². The van der Waals surface area contributed by atoms with Crippen molar-refractivity contribution in [2.45, 2.75) is 44.2 Å². The first-order valence-corrected chi connectivity index (χ1v) is 5.95. The van der Waals surface area contributed by atoms with Crippen LogP contribution in [0.1, 0.15) is 43.8 Å². The zero-order valence-electron chi connectivity index (χ0n) is 9.19. The third-order valence-electron chi connectivity index (χ3n) is 4.01. The first-order valence-electron chi connectivity index (χ1n) is 5.95. The summed E-state index contributed by atoms with van der Waals surface area (Å²) in [5.74, 6) is 0.933. The predicted molar refractivity (Wildman–Crippen MR) is 57.2 cm³/mol. The summed E-state index contributed by atoms with van der Waals surface area (Å²) in [4.78, 5) is 0. The number of hydrogen-bond acceptors (Lipinski definition) is 3. The van der Waals surface area contributed by atoms with Crippen LogP contribution in [0.3, 0.4) is 0 Å². The molecule has 3 unspecified atom stereocenters. The molecule has 1 saturated heterocycles. The fourth-order valence-electron chi connectivity index (χ4n) is 3.17. The lowest BCUT2D eigenvalue weighted by Crippen LogP contribution is -2.40. The molecule has 0 spiro atoms. The van der Waals surface area contributed by atoms with Gasteiger partial charge in [-0.2, -0.15) is 0 Å². The van der Waals surface area contributed by atoms with Gasteiger partial charge in [-0.05, 0) is 31.6 Å². The summed E-state index contributed by atoms with van der Waals surface area (Å²) in [6, 6.07) is 1.22. The number of nitrogens with zero attached hydrogens (tertiary/aromatic N) is 3. The smallest absolute Gasteiger partial charge is 0.0753 e. The number of aromatic nitrogens is 3. The molecular weight excluding hydrogens is 188 g/mol. The molecule has 4 nitrogen and oxygen atoms in total. The topological polar surface area (TPSA) is 42.7 Å². The summed E-state index contributed by atoms with van der Waals surface area (Å²) in [5.41, 5.74) is 1.24. The molecular formula is C11H18N4. The van der Waals surface area contributed by atoms with Crippen molar-refractivity contribution in [3.05, 3.63) is 11.9 Å². The summed E-state index contributed by atoms with van der Waals surface area (Å²) < 4.78 is 1.90. The van der Waals surface area contributed by atoms with E-state index in [2.05, 4.69) is 15.6 Å². The molecule has 0 bridgehead atoms. The molecule has 0 radical (unpaired) electrons. The van der Waals surface area contributed by atoms with Gasteiger partial charge in [-0.25, -0.2) is 0 Å². The molecule has 1 N–H and O–H groups in total. The van der Waals surface area contributed by atoms with Crippen molar-refractivity contribution in [1.82, 2.24) is 20.3 Å². The second-order valence-electron chi connectivity index (χ2n) is 4.88. The average Bonchev–Trinajstić information content (AvgIpc) is 2.84. The van der Waals surface area contributed by atoms with E-state index in [1.54, 1.807) is 0 Å². The van der Waals surface area contributed by atoms with Gasteiger partial charge in [-0.1, -0.05) is 11.6 Å². The Hall–Kier alpha value is -0.900. The Labute approximate surface area is 90.0 Å². The molecule has 1 aliphatic heterocycles. The highest BCUT2D eigenvalue weighted by Crippen LogP contribution is 2.37. The molecule has 2 heterocycles. The maximum absolute atomic E-state index is 4.00. The van der Waals surface area contributed by atoms with Gasteiger partial charge >= 0.3 is 0 Å². The number of fused-ring (bicyclic) bond motifs is 1. The van der Waals surface area contributed by atoms with Crippen molar-refractivity contribution in [1.29, 1.82) is 0 Å². The van der Waals surface area contributed by atoms with Gasteiger partial charge in [0.2, 0.25) is 0 Å². The molecule has 0 aromatic carbocycles. The number of aryl methyl sites for hydroxylation is 1. The molecule has 4 heteroatoms.